The van der Waals surface area contributed by atoms with Crippen LogP contribution in [0.5, 0.6) is 5.75 Å². The van der Waals surface area contributed by atoms with E-state index in [1.54, 1.807) is 24.5 Å². The molecule has 0 saturated carbocycles. The lowest BCUT2D eigenvalue weighted by atomic mass is 10.2. The molecule has 5 heteroatoms. The van der Waals surface area contributed by atoms with Gasteiger partial charge in [-0.25, -0.2) is 4.98 Å². The zero-order chi connectivity index (χ0) is 16.2. The van der Waals surface area contributed by atoms with Gasteiger partial charge < -0.3 is 4.74 Å². The summed E-state index contributed by atoms with van der Waals surface area (Å²) in [7, 11) is 1.66. The number of hydrogen-bond donors (Lipinski definition) is 0. The normalized spacial score (nSPS) is 11.1. The summed E-state index contributed by atoms with van der Waals surface area (Å²) in [5.41, 5.74) is 3.00. The van der Waals surface area contributed by atoms with E-state index in [2.05, 4.69) is 4.98 Å². The molecule has 0 aliphatic rings. The van der Waals surface area contributed by atoms with Crippen molar-refractivity contribution >= 4 is 46.7 Å². The van der Waals surface area contributed by atoms with Crippen LogP contribution in [0.2, 0.25) is 10.0 Å². The Kier molecular flexibility index (Phi) is 5.01. The van der Waals surface area contributed by atoms with Gasteiger partial charge in [0.2, 0.25) is 0 Å². The van der Waals surface area contributed by atoms with Crippen molar-refractivity contribution < 1.29 is 4.74 Å². The van der Waals surface area contributed by atoms with Crippen LogP contribution in [0.4, 0.5) is 0 Å². The molecular formula is C18H13Cl2NOS. The van der Waals surface area contributed by atoms with Gasteiger partial charge in [0.05, 0.1) is 22.8 Å². The molecule has 23 heavy (non-hydrogen) atoms. The summed E-state index contributed by atoms with van der Waals surface area (Å²) in [6.45, 7) is 0. The summed E-state index contributed by atoms with van der Waals surface area (Å²) < 4.78 is 5.17. The van der Waals surface area contributed by atoms with Gasteiger partial charge in [-0.05, 0) is 48.0 Å². The molecule has 1 heterocycles. The fourth-order valence-corrected chi connectivity index (χ4v) is 3.07. The molecule has 3 rings (SSSR count). The van der Waals surface area contributed by atoms with Gasteiger partial charge in [0.1, 0.15) is 10.8 Å². The smallest absolute Gasteiger partial charge is 0.118 e. The molecule has 116 valence electrons. The number of aromatic nitrogens is 1. The molecule has 0 spiro atoms. The van der Waals surface area contributed by atoms with Crippen LogP contribution in [0.3, 0.4) is 0 Å². The van der Waals surface area contributed by atoms with Gasteiger partial charge in [0, 0.05) is 10.9 Å². The number of thiazole rings is 1. The van der Waals surface area contributed by atoms with E-state index in [4.69, 9.17) is 27.9 Å². The van der Waals surface area contributed by atoms with Crippen LogP contribution in [0.25, 0.3) is 23.4 Å². The van der Waals surface area contributed by atoms with Gasteiger partial charge in [-0.2, -0.15) is 0 Å². The minimum atomic E-state index is 0.548. The fraction of sp³-hybridized carbons (Fsp3) is 0.0556. The quantitative estimate of drug-likeness (QED) is 0.544. The number of ether oxygens (including phenoxy) is 1. The molecule has 0 aliphatic carbocycles. The minimum absolute atomic E-state index is 0.548. The Hall–Kier alpha value is -1.81. The molecule has 0 N–H and O–H groups in total. The van der Waals surface area contributed by atoms with Gasteiger partial charge in [0.25, 0.3) is 0 Å². The highest BCUT2D eigenvalue weighted by atomic mass is 35.5. The Morgan fingerprint density at radius 3 is 2.48 bits per heavy atom. The number of methoxy groups -OCH3 is 1. The van der Waals surface area contributed by atoms with E-state index < -0.39 is 0 Å². The van der Waals surface area contributed by atoms with Crippen molar-refractivity contribution in [2.75, 3.05) is 7.11 Å². The number of rotatable bonds is 4. The molecule has 2 aromatic carbocycles. The molecule has 0 aliphatic heterocycles. The average molecular weight is 362 g/mol. The molecule has 0 unspecified atom stereocenters. The fourth-order valence-electron chi connectivity index (χ4n) is 2.04. The maximum atomic E-state index is 6.02. The van der Waals surface area contributed by atoms with Crippen LogP contribution in [-0.4, -0.2) is 12.1 Å². The summed E-state index contributed by atoms with van der Waals surface area (Å²) in [6.07, 6.45) is 3.94. The molecule has 0 atom stereocenters. The van der Waals surface area contributed by atoms with Crippen LogP contribution in [0.15, 0.2) is 47.8 Å². The van der Waals surface area contributed by atoms with Crippen LogP contribution in [0.1, 0.15) is 10.6 Å². The predicted octanol–water partition coefficient (Wildman–Crippen LogP) is 6.30. The third kappa shape index (κ3) is 3.94. The van der Waals surface area contributed by atoms with Crippen LogP contribution >= 0.6 is 34.5 Å². The van der Waals surface area contributed by atoms with E-state index in [1.807, 2.05) is 53.9 Å². The number of hydrogen-bond acceptors (Lipinski definition) is 3. The minimum Gasteiger partial charge on any atom is -0.497 e. The summed E-state index contributed by atoms with van der Waals surface area (Å²) >= 11 is 13.5. The second-order valence-corrected chi connectivity index (χ2v) is 6.51. The maximum Gasteiger partial charge on any atom is 0.118 e. The molecule has 0 bridgehead atoms. The lowest BCUT2D eigenvalue weighted by Gasteiger charge is -2.00. The Morgan fingerprint density at radius 2 is 1.78 bits per heavy atom. The molecule has 0 saturated heterocycles. The second-order valence-electron chi connectivity index (χ2n) is 4.81. The monoisotopic (exact) mass is 361 g/mol. The van der Waals surface area contributed by atoms with Crippen molar-refractivity contribution in [1.82, 2.24) is 4.98 Å². The van der Waals surface area contributed by atoms with E-state index in [-0.39, 0.29) is 0 Å². The Balaban J connectivity index is 1.78. The first-order valence-corrected chi connectivity index (χ1v) is 8.52. The van der Waals surface area contributed by atoms with Crippen molar-refractivity contribution in [2.45, 2.75) is 0 Å². The molecule has 0 fully saturated rings. The summed E-state index contributed by atoms with van der Waals surface area (Å²) in [6, 6.07) is 13.4. The van der Waals surface area contributed by atoms with Gasteiger partial charge >= 0.3 is 0 Å². The van der Waals surface area contributed by atoms with Crippen molar-refractivity contribution in [3.05, 3.63) is 68.5 Å². The van der Waals surface area contributed by atoms with Crippen LogP contribution in [-0.2, 0) is 0 Å². The topological polar surface area (TPSA) is 22.1 Å². The summed E-state index contributed by atoms with van der Waals surface area (Å²) in [4.78, 5) is 4.62. The van der Waals surface area contributed by atoms with Crippen molar-refractivity contribution in [3.8, 4) is 17.0 Å². The first-order valence-electron chi connectivity index (χ1n) is 6.89. The largest absolute Gasteiger partial charge is 0.497 e. The highest BCUT2D eigenvalue weighted by molar-refractivity contribution is 7.10. The van der Waals surface area contributed by atoms with Crippen molar-refractivity contribution in [1.29, 1.82) is 0 Å². The van der Waals surface area contributed by atoms with Crippen molar-refractivity contribution in [3.63, 3.8) is 0 Å². The molecule has 0 radical (unpaired) electrons. The number of halogens is 2. The number of nitrogens with zero attached hydrogens (tertiary/aromatic N) is 1. The molecule has 0 amide bonds. The Morgan fingerprint density at radius 1 is 1.00 bits per heavy atom. The standard InChI is InChI=1S/C18H13Cl2NOS/c1-22-14-6-4-13(5-7-14)17-11-23-18(21-17)9-3-12-2-8-15(19)16(20)10-12/h2-11H,1H3. The van der Waals surface area contributed by atoms with E-state index >= 15 is 0 Å². The summed E-state index contributed by atoms with van der Waals surface area (Å²) in [5, 5.41) is 4.07. The lowest BCUT2D eigenvalue weighted by molar-refractivity contribution is 0.415. The highest BCUT2D eigenvalue weighted by Gasteiger charge is 2.03. The van der Waals surface area contributed by atoms with Crippen LogP contribution < -0.4 is 4.74 Å². The predicted molar refractivity (Wildman–Crippen MR) is 99.5 cm³/mol. The average Bonchev–Trinajstić information content (AvgIpc) is 3.05. The van der Waals surface area contributed by atoms with E-state index in [0.29, 0.717) is 10.0 Å². The van der Waals surface area contributed by atoms with Gasteiger partial charge in [-0.3, -0.25) is 0 Å². The zero-order valence-electron chi connectivity index (χ0n) is 12.3. The van der Waals surface area contributed by atoms with Gasteiger partial charge in [0.15, 0.2) is 0 Å². The van der Waals surface area contributed by atoms with E-state index in [9.17, 15) is 0 Å². The molecule has 1 aromatic heterocycles. The SMILES string of the molecule is COc1ccc(-c2csc(C=Cc3ccc(Cl)c(Cl)c3)n2)cc1. The third-order valence-corrected chi connectivity index (χ3v) is 4.82. The van der Waals surface area contributed by atoms with Crippen LogP contribution in [0, 0.1) is 0 Å². The maximum absolute atomic E-state index is 6.02. The summed E-state index contributed by atoms with van der Waals surface area (Å²) in [5.74, 6) is 0.837. The molecule has 3 aromatic rings. The molecular weight excluding hydrogens is 349 g/mol. The zero-order valence-corrected chi connectivity index (χ0v) is 14.6. The lowest BCUT2D eigenvalue weighted by Crippen LogP contribution is -1.82. The van der Waals surface area contributed by atoms with Gasteiger partial charge in [-0.1, -0.05) is 35.3 Å². The first kappa shape index (κ1) is 16.1. The molecule has 2 nitrogen and oxygen atoms in total. The number of benzene rings is 2. The second kappa shape index (κ2) is 7.18. The Bertz CT molecular complexity index is 840. The highest BCUT2D eigenvalue weighted by Crippen LogP contribution is 2.26. The Labute approximate surface area is 149 Å². The van der Waals surface area contributed by atoms with Gasteiger partial charge in [-0.15, -0.1) is 11.3 Å². The van der Waals surface area contributed by atoms with E-state index in [1.165, 1.54) is 0 Å². The third-order valence-electron chi connectivity index (χ3n) is 3.27. The van der Waals surface area contributed by atoms with E-state index in [0.717, 1.165) is 27.6 Å². The first-order chi connectivity index (χ1) is 11.2. The van der Waals surface area contributed by atoms with Crippen molar-refractivity contribution in [2.24, 2.45) is 0 Å².